The van der Waals surface area contributed by atoms with Crippen molar-refractivity contribution < 1.29 is 9.90 Å². The van der Waals surface area contributed by atoms with Gasteiger partial charge >= 0.3 is 5.97 Å². The summed E-state index contributed by atoms with van der Waals surface area (Å²) in [5.74, 6) is -0.481. The molecule has 1 saturated heterocycles. The summed E-state index contributed by atoms with van der Waals surface area (Å²) in [6.07, 6.45) is 1.20. The third-order valence-corrected chi connectivity index (χ3v) is 3.19. The van der Waals surface area contributed by atoms with Crippen LogP contribution in [0.1, 0.15) is 30.0 Å². The van der Waals surface area contributed by atoms with E-state index in [1.807, 2.05) is 6.07 Å². The Morgan fingerprint density at radius 1 is 1.56 bits per heavy atom. The van der Waals surface area contributed by atoms with E-state index in [0.717, 1.165) is 13.0 Å². The number of benzene rings is 1. The second-order valence-electron chi connectivity index (χ2n) is 4.49. The third kappa shape index (κ3) is 2.42. The minimum atomic E-state index is -0.702. The quantitative estimate of drug-likeness (QED) is 0.818. The molecule has 0 amide bonds. The summed E-state index contributed by atoms with van der Waals surface area (Å²) in [6, 6.07) is 8.51. The molecule has 86 valence electrons. The molecule has 2 rings (SSSR count). The molecule has 0 saturated carbocycles. The van der Waals surface area contributed by atoms with Crippen molar-refractivity contribution >= 4 is 5.97 Å². The molecule has 2 N–H and O–H groups in total. The summed E-state index contributed by atoms with van der Waals surface area (Å²) in [5, 5.41) is 12.3. The van der Waals surface area contributed by atoms with Crippen molar-refractivity contribution in [3.63, 3.8) is 0 Å². The lowest BCUT2D eigenvalue weighted by atomic mass is 9.91. The Morgan fingerprint density at radius 3 is 3.06 bits per heavy atom. The number of aliphatic carboxylic acids is 1. The van der Waals surface area contributed by atoms with Crippen molar-refractivity contribution in [1.82, 2.24) is 5.32 Å². The van der Waals surface area contributed by atoms with Gasteiger partial charge in [0.15, 0.2) is 0 Å². The molecule has 1 heterocycles. The van der Waals surface area contributed by atoms with Crippen LogP contribution >= 0.6 is 0 Å². The Morgan fingerprint density at radius 2 is 2.38 bits per heavy atom. The van der Waals surface area contributed by atoms with Crippen molar-refractivity contribution in [3.05, 3.63) is 35.4 Å². The molecule has 1 aliphatic rings. The van der Waals surface area contributed by atoms with E-state index >= 15 is 0 Å². The minimum absolute atomic E-state index is 0.205. The van der Waals surface area contributed by atoms with Crippen molar-refractivity contribution in [2.45, 2.75) is 25.8 Å². The van der Waals surface area contributed by atoms with Gasteiger partial charge in [-0.25, -0.2) is 0 Å². The number of carbonyl (C=O) groups is 1. The average molecular weight is 219 g/mol. The van der Waals surface area contributed by atoms with E-state index in [9.17, 15) is 4.79 Å². The zero-order valence-corrected chi connectivity index (χ0v) is 9.44. The van der Waals surface area contributed by atoms with Gasteiger partial charge in [-0.3, -0.25) is 4.79 Å². The fourth-order valence-electron chi connectivity index (χ4n) is 2.46. The fourth-order valence-corrected chi connectivity index (χ4v) is 2.46. The summed E-state index contributed by atoms with van der Waals surface area (Å²) in [5.41, 5.74) is 2.43. The maximum Gasteiger partial charge on any atom is 0.303 e. The highest BCUT2D eigenvalue weighted by Crippen LogP contribution is 2.32. The van der Waals surface area contributed by atoms with Crippen LogP contribution in [0.4, 0.5) is 0 Å². The minimum Gasteiger partial charge on any atom is -0.481 e. The first-order valence-corrected chi connectivity index (χ1v) is 5.68. The molecule has 0 unspecified atom stereocenters. The smallest absolute Gasteiger partial charge is 0.303 e. The van der Waals surface area contributed by atoms with Gasteiger partial charge in [0.1, 0.15) is 0 Å². The Balaban J connectivity index is 2.16. The van der Waals surface area contributed by atoms with E-state index in [2.05, 4.69) is 30.4 Å². The highest BCUT2D eigenvalue weighted by atomic mass is 16.4. The summed E-state index contributed by atoms with van der Waals surface area (Å²) < 4.78 is 0. The van der Waals surface area contributed by atoms with E-state index in [-0.39, 0.29) is 18.4 Å². The molecule has 0 aliphatic carbocycles. The standard InChI is InChI=1S/C13H17NO2/c1-9-3-2-4-10(7-9)13-11(5-6-14-13)8-12(15)16/h2-4,7,11,13-14H,5-6,8H2,1H3,(H,15,16)/t11-,13-/m0/s1. The molecule has 3 nitrogen and oxygen atoms in total. The Bertz CT molecular complexity index is 389. The average Bonchev–Trinajstić information content (AvgIpc) is 2.65. The van der Waals surface area contributed by atoms with E-state index < -0.39 is 5.97 Å². The maximum absolute atomic E-state index is 10.8. The van der Waals surface area contributed by atoms with Crippen LogP contribution in [0.3, 0.4) is 0 Å². The lowest BCUT2D eigenvalue weighted by Gasteiger charge is -2.18. The van der Waals surface area contributed by atoms with Gasteiger partial charge in [0.05, 0.1) is 6.42 Å². The number of carboxylic acids is 1. The largest absolute Gasteiger partial charge is 0.481 e. The van der Waals surface area contributed by atoms with Crippen LogP contribution in [-0.2, 0) is 4.79 Å². The predicted octanol–water partition coefficient (Wildman–Crippen LogP) is 2.12. The van der Waals surface area contributed by atoms with Crippen LogP contribution in [0.2, 0.25) is 0 Å². The number of rotatable bonds is 3. The van der Waals surface area contributed by atoms with Crippen LogP contribution in [0, 0.1) is 12.8 Å². The monoisotopic (exact) mass is 219 g/mol. The predicted molar refractivity (Wildman–Crippen MR) is 62.3 cm³/mol. The molecule has 1 aromatic rings. The number of nitrogens with one attached hydrogen (secondary N) is 1. The van der Waals surface area contributed by atoms with Gasteiger partial charge in [0, 0.05) is 6.04 Å². The zero-order valence-electron chi connectivity index (χ0n) is 9.44. The van der Waals surface area contributed by atoms with Gasteiger partial charge in [0.25, 0.3) is 0 Å². The first-order valence-electron chi connectivity index (χ1n) is 5.68. The van der Waals surface area contributed by atoms with Crippen LogP contribution in [0.25, 0.3) is 0 Å². The molecule has 0 spiro atoms. The fraction of sp³-hybridized carbons (Fsp3) is 0.462. The third-order valence-electron chi connectivity index (χ3n) is 3.19. The molecule has 1 aromatic carbocycles. The van der Waals surface area contributed by atoms with Crippen molar-refractivity contribution in [3.8, 4) is 0 Å². The van der Waals surface area contributed by atoms with Crippen LogP contribution < -0.4 is 5.32 Å². The van der Waals surface area contributed by atoms with Gasteiger partial charge in [-0.05, 0) is 31.4 Å². The molecule has 2 atom stereocenters. The van der Waals surface area contributed by atoms with Gasteiger partial charge in [-0.1, -0.05) is 29.8 Å². The molecular formula is C13H17NO2. The lowest BCUT2D eigenvalue weighted by Crippen LogP contribution is -2.19. The van der Waals surface area contributed by atoms with Crippen molar-refractivity contribution in [1.29, 1.82) is 0 Å². The molecule has 0 aromatic heterocycles. The van der Waals surface area contributed by atoms with Crippen molar-refractivity contribution in [2.75, 3.05) is 6.54 Å². The molecule has 3 heteroatoms. The molecule has 0 radical (unpaired) electrons. The van der Waals surface area contributed by atoms with E-state index in [0.29, 0.717) is 0 Å². The Kier molecular flexibility index (Phi) is 3.25. The van der Waals surface area contributed by atoms with Gasteiger partial charge in [-0.2, -0.15) is 0 Å². The van der Waals surface area contributed by atoms with E-state index in [4.69, 9.17) is 5.11 Å². The molecule has 1 fully saturated rings. The SMILES string of the molecule is Cc1cccc([C@@H]2NCC[C@H]2CC(=O)O)c1. The number of aryl methyl sites for hydroxylation is 1. The summed E-state index contributed by atoms with van der Waals surface area (Å²) >= 11 is 0. The van der Waals surface area contributed by atoms with E-state index in [1.54, 1.807) is 0 Å². The maximum atomic E-state index is 10.8. The lowest BCUT2D eigenvalue weighted by molar-refractivity contribution is -0.138. The normalized spacial score (nSPS) is 24.6. The second-order valence-corrected chi connectivity index (χ2v) is 4.49. The second kappa shape index (κ2) is 4.66. The summed E-state index contributed by atoms with van der Waals surface area (Å²) in [6.45, 7) is 2.97. The molecular weight excluding hydrogens is 202 g/mol. The number of hydrogen-bond acceptors (Lipinski definition) is 2. The highest BCUT2D eigenvalue weighted by molar-refractivity contribution is 5.67. The Hall–Kier alpha value is -1.35. The van der Waals surface area contributed by atoms with Gasteiger partial charge in [0.2, 0.25) is 0 Å². The number of carboxylic acid groups (broad SMARTS) is 1. The summed E-state index contributed by atoms with van der Waals surface area (Å²) in [4.78, 5) is 10.8. The van der Waals surface area contributed by atoms with Gasteiger partial charge in [-0.15, -0.1) is 0 Å². The van der Waals surface area contributed by atoms with Crippen LogP contribution in [0.5, 0.6) is 0 Å². The molecule has 0 bridgehead atoms. The van der Waals surface area contributed by atoms with Crippen LogP contribution in [0.15, 0.2) is 24.3 Å². The molecule has 1 aliphatic heterocycles. The van der Waals surface area contributed by atoms with Crippen LogP contribution in [-0.4, -0.2) is 17.6 Å². The summed E-state index contributed by atoms with van der Waals surface area (Å²) in [7, 11) is 0. The Labute approximate surface area is 95.5 Å². The first kappa shape index (κ1) is 11.1. The van der Waals surface area contributed by atoms with Gasteiger partial charge < -0.3 is 10.4 Å². The highest BCUT2D eigenvalue weighted by Gasteiger charge is 2.29. The number of hydrogen-bond donors (Lipinski definition) is 2. The van der Waals surface area contributed by atoms with E-state index in [1.165, 1.54) is 11.1 Å². The zero-order chi connectivity index (χ0) is 11.5. The topological polar surface area (TPSA) is 49.3 Å². The molecule has 16 heavy (non-hydrogen) atoms. The van der Waals surface area contributed by atoms with Crippen molar-refractivity contribution in [2.24, 2.45) is 5.92 Å². The first-order chi connectivity index (χ1) is 7.66.